The van der Waals surface area contributed by atoms with Gasteiger partial charge in [-0.1, -0.05) is 0 Å². The van der Waals surface area contributed by atoms with E-state index < -0.39 is 11.8 Å². The van der Waals surface area contributed by atoms with Gasteiger partial charge in [0.25, 0.3) is 0 Å². The average Bonchev–Trinajstić information content (AvgIpc) is 2.39. The molecule has 1 unspecified atom stereocenters. The molecular formula is C12H15N3O3. The Balaban J connectivity index is 1.94. The van der Waals surface area contributed by atoms with Gasteiger partial charge in [0.15, 0.2) is 0 Å². The molecule has 1 aromatic heterocycles. The van der Waals surface area contributed by atoms with Crippen LogP contribution in [0.5, 0.6) is 0 Å². The smallest absolute Gasteiger partial charge is 0.313 e. The molecule has 1 atom stereocenters. The van der Waals surface area contributed by atoms with Crippen LogP contribution in [0.4, 0.5) is 5.69 Å². The van der Waals surface area contributed by atoms with Crippen LogP contribution in [-0.4, -0.2) is 47.5 Å². The van der Waals surface area contributed by atoms with Gasteiger partial charge in [-0.15, -0.1) is 0 Å². The van der Waals surface area contributed by atoms with Crippen molar-refractivity contribution >= 4 is 17.5 Å². The van der Waals surface area contributed by atoms with Crippen LogP contribution in [0.1, 0.15) is 6.92 Å². The summed E-state index contributed by atoms with van der Waals surface area (Å²) in [6.45, 7) is 3.23. The predicted molar refractivity (Wildman–Crippen MR) is 64.9 cm³/mol. The van der Waals surface area contributed by atoms with Crippen LogP contribution >= 0.6 is 0 Å². The van der Waals surface area contributed by atoms with Gasteiger partial charge in [-0.05, 0) is 19.1 Å². The number of nitrogens with zero attached hydrogens (tertiary/aromatic N) is 2. The van der Waals surface area contributed by atoms with Crippen molar-refractivity contribution in [3.05, 3.63) is 24.5 Å². The first-order valence-corrected chi connectivity index (χ1v) is 5.78. The summed E-state index contributed by atoms with van der Waals surface area (Å²) in [5.41, 5.74) is 0.511. The Labute approximate surface area is 105 Å². The zero-order valence-corrected chi connectivity index (χ0v) is 10.1. The van der Waals surface area contributed by atoms with Gasteiger partial charge in [0.2, 0.25) is 0 Å². The molecule has 0 spiro atoms. The molecule has 0 aliphatic carbocycles. The molecule has 1 saturated heterocycles. The normalized spacial score (nSPS) is 19.4. The van der Waals surface area contributed by atoms with Gasteiger partial charge in [0.1, 0.15) is 0 Å². The first kappa shape index (κ1) is 12.5. The molecule has 1 aromatic rings. The van der Waals surface area contributed by atoms with Crippen molar-refractivity contribution in [3.63, 3.8) is 0 Å². The summed E-state index contributed by atoms with van der Waals surface area (Å²) in [5, 5.41) is 2.52. The number of pyridine rings is 1. The fourth-order valence-electron chi connectivity index (χ4n) is 1.77. The summed E-state index contributed by atoms with van der Waals surface area (Å²) in [7, 11) is 0. The highest BCUT2D eigenvalue weighted by Gasteiger charge is 2.26. The Kier molecular flexibility index (Phi) is 3.88. The summed E-state index contributed by atoms with van der Waals surface area (Å²) in [5.74, 6) is -1.17. The number of anilines is 1. The minimum absolute atomic E-state index is 0.0334. The number of carbonyl (C=O) groups excluding carboxylic acids is 2. The summed E-state index contributed by atoms with van der Waals surface area (Å²) < 4.78 is 5.32. The highest BCUT2D eigenvalue weighted by Crippen LogP contribution is 2.07. The number of hydrogen-bond acceptors (Lipinski definition) is 4. The Morgan fingerprint density at radius 3 is 3.06 bits per heavy atom. The Bertz CT molecular complexity index is 435. The lowest BCUT2D eigenvalue weighted by Crippen LogP contribution is -2.48. The molecule has 1 N–H and O–H groups in total. The molecule has 96 valence electrons. The number of carbonyl (C=O) groups is 2. The maximum atomic E-state index is 11.9. The SMILES string of the molecule is CC1CN(C(=O)C(=O)Nc2cccnc2)CCO1. The van der Waals surface area contributed by atoms with Gasteiger partial charge in [0, 0.05) is 19.3 Å². The lowest BCUT2D eigenvalue weighted by Gasteiger charge is -2.30. The third-order valence-corrected chi connectivity index (χ3v) is 2.64. The van der Waals surface area contributed by atoms with E-state index in [0.29, 0.717) is 25.4 Å². The molecule has 0 radical (unpaired) electrons. The zero-order chi connectivity index (χ0) is 13.0. The number of amides is 2. The third-order valence-electron chi connectivity index (χ3n) is 2.64. The molecule has 18 heavy (non-hydrogen) atoms. The van der Waals surface area contributed by atoms with Gasteiger partial charge in [0.05, 0.1) is 24.6 Å². The van der Waals surface area contributed by atoms with Crippen LogP contribution in [-0.2, 0) is 14.3 Å². The summed E-state index contributed by atoms with van der Waals surface area (Å²) in [6, 6.07) is 3.37. The zero-order valence-electron chi connectivity index (χ0n) is 10.1. The van der Waals surface area contributed by atoms with Crippen molar-refractivity contribution in [2.24, 2.45) is 0 Å². The van der Waals surface area contributed by atoms with E-state index in [1.165, 1.54) is 11.1 Å². The molecule has 0 aromatic carbocycles. The van der Waals surface area contributed by atoms with Crippen molar-refractivity contribution in [3.8, 4) is 0 Å². The van der Waals surface area contributed by atoms with Crippen LogP contribution < -0.4 is 5.32 Å². The standard InChI is InChI=1S/C12H15N3O3/c1-9-8-15(5-6-18-9)12(17)11(16)14-10-3-2-4-13-7-10/h2-4,7,9H,5-6,8H2,1H3,(H,14,16). The fraction of sp³-hybridized carbons (Fsp3) is 0.417. The molecule has 6 heteroatoms. The van der Waals surface area contributed by atoms with Crippen LogP contribution in [0.3, 0.4) is 0 Å². The molecule has 1 fully saturated rings. The number of ether oxygens (including phenoxy) is 1. The number of morpholine rings is 1. The van der Waals surface area contributed by atoms with Crippen LogP contribution in [0.15, 0.2) is 24.5 Å². The lowest BCUT2D eigenvalue weighted by atomic mass is 10.3. The van der Waals surface area contributed by atoms with Crippen LogP contribution in [0.25, 0.3) is 0 Å². The third kappa shape index (κ3) is 3.04. The van der Waals surface area contributed by atoms with E-state index in [1.54, 1.807) is 18.3 Å². The van der Waals surface area contributed by atoms with Crippen molar-refractivity contribution < 1.29 is 14.3 Å². The van der Waals surface area contributed by atoms with Gasteiger partial charge in [-0.3, -0.25) is 14.6 Å². The van der Waals surface area contributed by atoms with Crippen LogP contribution in [0.2, 0.25) is 0 Å². The van der Waals surface area contributed by atoms with Crippen molar-refractivity contribution in [1.29, 1.82) is 0 Å². The van der Waals surface area contributed by atoms with Gasteiger partial charge in [-0.2, -0.15) is 0 Å². The maximum absolute atomic E-state index is 11.9. The number of nitrogens with one attached hydrogen (secondary N) is 1. The first-order valence-electron chi connectivity index (χ1n) is 5.78. The van der Waals surface area contributed by atoms with Gasteiger partial charge < -0.3 is 15.0 Å². The second-order valence-electron chi connectivity index (χ2n) is 4.13. The van der Waals surface area contributed by atoms with Crippen LogP contribution in [0, 0.1) is 0 Å². The van der Waals surface area contributed by atoms with Gasteiger partial charge >= 0.3 is 11.8 Å². The second kappa shape index (κ2) is 5.59. The predicted octanol–water partition coefficient (Wildman–Crippen LogP) is 0.267. The summed E-state index contributed by atoms with van der Waals surface area (Å²) in [4.78, 5) is 29.0. The highest BCUT2D eigenvalue weighted by atomic mass is 16.5. The van der Waals surface area contributed by atoms with E-state index in [4.69, 9.17) is 4.74 Å². The number of rotatable bonds is 1. The van der Waals surface area contributed by atoms with E-state index in [0.717, 1.165) is 0 Å². The summed E-state index contributed by atoms with van der Waals surface area (Å²) >= 11 is 0. The first-order chi connectivity index (χ1) is 8.66. The Hall–Kier alpha value is -1.95. The van der Waals surface area contributed by atoms with E-state index in [2.05, 4.69) is 10.3 Å². The topological polar surface area (TPSA) is 71.5 Å². The quantitative estimate of drug-likeness (QED) is 0.725. The minimum atomic E-state index is -0.642. The lowest BCUT2D eigenvalue weighted by molar-refractivity contribution is -0.147. The van der Waals surface area contributed by atoms with Gasteiger partial charge in [-0.25, -0.2) is 0 Å². The maximum Gasteiger partial charge on any atom is 0.313 e. The minimum Gasteiger partial charge on any atom is -0.375 e. The van der Waals surface area contributed by atoms with Crippen molar-refractivity contribution in [2.75, 3.05) is 25.0 Å². The number of aromatic nitrogens is 1. The molecular weight excluding hydrogens is 234 g/mol. The molecule has 1 aliphatic heterocycles. The largest absolute Gasteiger partial charge is 0.375 e. The van der Waals surface area contributed by atoms with E-state index in [-0.39, 0.29) is 6.10 Å². The average molecular weight is 249 g/mol. The number of hydrogen-bond donors (Lipinski definition) is 1. The molecule has 1 aliphatic rings. The Morgan fingerprint density at radius 2 is 2.39 bits per heavy atom. The molecule has 2 amide bonds. The summed E-state index contributed by atoms with van der Waals surface area (Å²) in [6.07, 6.45) is 3.06. The molecule has 2 heterocycles. The monoisotopic (exact) mass is 249 g/mol. The molecule has 0 saturated carbocycles. The van der Waals surface area contributed by atoms with Crippen molar-refractivity contribution in [2.45, 2.75) is 13.0 Å². The van der Waals surface area contributed by atoms with E-state index in [9.17, 15) is 9.59 Å². The highest BCUT2D eigenvalue weighted by molar-refractivity contribution is 6.39. The molecule has 2 rings (SSSR count). The molecule has 0 bridgehead atoms. The van der Waals surface area contributed by atoms with E-state index >= 15 is 0 Å². The van der Waals surface area contributed by atoms with E-state index in [1.807, 2.05) is 6.92 Å². The Morgan fingerprint density at radius 1 is 1.56 bits per heavy atom. The van der Waals surface area contributed by atoms with Crippen molar-refractivity contribution in [1.82, 2.24) is 9.88 Å². The fourth-order valence-corrected chi connectivity index (χ4v) is 1.77. The second-order valence-corrected chi connectivity index (χ2v) is 4.13. The molecule has 6 nitrogen and oxygen atoms in total.